The van der Waals surface area contributed by atoms with Crippen LogP contribution in [0.25, 0.3) is 5.69 Å². The van der Waals surface area contributed by atoms with E-state index in [2.05, 4.69) is 10.4 Å². The summed E-state index contributed by atoms with van der Waals surface area (Å²) in [7, 11) is 1.64. The fraction of sp³-hybridized carbons (Fsp3) is 0.389. The molecular formula is C18H22N4O2. The van der Waals surface area contributed by atoms with Gasteiger partial charge >= 0.3 is 0 Å². The van der Waals surface area contributed by atoms with Crippen molar-refractivity contribution in [3.8, 4) is 5.69 Å². The number of rotatable bonds is 5. The van der Waals surface area contributed by atoms with Crippen LogP contribution in [0.15, 0.2) is 30.3 Å². The molecule has 1 N–H and O–H groups in total. The first-order valence-electron chi connectivity index (χ1n) is 8.30. The van der Waals surface area contributed by atoms with Crippen molar-refractivity contribution in [2.24, 2.45) is 0 Å². The number of benzene rings is 1. The number of amides is 2. The van der Waals surface area contributed by atoms with E-state index in [9.17, 15) is 9.59 Å². The van der Waals surface area contributed by atoms with Gasteiger partial charge in [0.15, 0.2) is 5.69 Å². The molecule has 1 heterocycles. The molecule has 3 rings (SSSR count). The van der Waals surface area contributed by atoms with Crippen molar-refractivity contribution in [2.45, 2.75) is 26.2 Å². The Kier molecular flexibility index (Phi) is 4.64. The number of fused-ring (bicyclic) bond motifs is 1. The first kappa shape index (κ1) is 16.2. The third-order valence-corrected chi connectivity index (χ3v) is 4.23. The van der Waals surface area contributed by atoms with Crippen LogP contribution in [-0.4, -0.2) is 46.6 Å². The van der Waals surface area contributed by atoms with Crippen molar-refractivity contribution >= 4 is 11.8 Å². The number of aromatic nitrogens is 2. The average molecular weight is 326 g/mol. The van der Waals surface area contributed by atoms with Gasteiger partial charge in [-0.25, -0.2) is 4.68 Å². The van der Waals surface area contributed by atoms with E-state index in [1.165, 1.54) is 4.90 Å². The van der Waals surface area contributed by atoms with Gasteiger partial charge in [-0.3, -0.25) is 9.59 Å². The molecule has 2 amide bonds. The predicted octanol–water partition coefficient (Wildman–Crippen LogP) is 1.57. The maximum atomic E-state index is 12.8. The Hall–Kier alpha value is -2.63. The van der Waals surface area contributed by atoms with Crippen molar-refractivity contribution in [3.63, 3.8) is 0 Å². The van der Waals surface area contributed by atoms with Gasteiger partial charge < -0.3 is 10.2 Å². The van der Waals surface area contributed by atoms with Crippen molar-refractivity contribution in [2.75, 3.05) is 20.1 Å². The standard InChI is InChI=1S/C18H22N4O2/c1-3-19-16(23)12-21(2)18(24)17-14-10-7-11-15(14)22(20-17)13-8-5-4-6-9-13/h4-6,8-9H,3,7,10-12H2,1-2H3,(H,19,23). The Labute approximate surface area is 141 Å². The van der Waals surface area contributed by atoms with Gasteiger partial charge in [0.2, 0.25) is 5.91 Å². The monoisotopic (exact) mass is 326 g/mol. The SMILES string of the molecule is CCNC(=O)CN(C)C(=O)c1nn(-c2ccccc2)c2c1CCC2. The largest absolute Gasteiger partial charge is 0.355 e. The fourth-order valence-corrected chi connectivity index (χ4v) is 3.11. The molecule has 0 spiro atoms. The van der Waals surface area contributed by atoms with E-state index in [4.69, 9.17) is 0 Å². The quantitative estimate of drug-likeness (QED) is 0.907. The van der Waals surface area contributed by atoms with Crippen LogP contribution in [0, 0.1) is 0 Å². The molecule has 1 aliphatic carbocycles. The summed E-state index contributed by atoms with van der Waals surface area (Å²) in [6.45, 7) is 2.45. The molecule has 126 valence electrons. The molecule has 0 fully saturated rings. The average Bonchev–Trinajstić information content (AvgIpc) is 3.17. The summed E-state index contributed by atoms with van der Waals surface area (Å²) in [5, 5.41) is 7.28. The number of carbonyl (C=O) groups excluding carboxylic acids is 2. The third kappa shape index (κ3) is 3.04. The topological polar surface area (TPSA) is 67.2 Å². The van der Waals surface area contributed by atoms with Crippen molar-refractivity contribution < 1.29 is 9.59 Å². The minimum atomic E-state index is -0.200. The fourth-order valence-electron chi connectivity index (χ4n) is 3.11. The number of para-hydroxylation sites is 1. The molecule has 1 aliphatic rings. The lowest BCUT2D eigenvalue weighted by Gasteiger charge is -2.15. The normalized spacial score (nSPS) is 12.8. The number of nitrogens with one attached hydrogen (secondary N) is 1. The summed E-state index contributed by atoms with van der Waals surface area (Å²) >= 11 is 0. The maximum Gasteiger partial charge on any atom is 0.274 e. The van der Waals surface area contributed by atoms with E-state index >= 15 is 0 Å². The zero-order valence-electron chi connectivity index (χ0n) is 14.1. The van der Waals surface area contributed by atoms with Crippen LogP contribution >= 0.6 is 0 Å². The molecule has 0 aliphatic heterocycles. The van der Waals surface area contributed by atoms with Crippen LogP contribution < -0.4 is 5.32 Å². The second-order valence-electron chi connectivity index (χ2n) is 5.99. The Balaban J connectivity index is 1.89. The lowest BCUT2D eigenvalue weighted by Crippen LogP contribution is -2.38. The smallest absolute Gasteiger partial charge is 0.274 e. The number of likely N-dealkylation sites (N-methyl/N-ethyl adjacent to an activating group) is 2. The number of carbonyl (C=O) groups is 2. The number of hydrogen-bond donors (Lipinski definition) is 1. The molecular weight excluding hydrogens is 304 g/mol. The highest BCUT2D eigenvalue weighted by molar-refractivity contribution is 5.96. The van der Waals surface area contributed by atoms with E-state index < -0.39 is 0 Å². The second kappa shape index (κ2) is 6.86. The molecule has 6 nitrogen and oxygen atoms in total. The maximum absolute atomic E-state index is 12.8. The lowest BCUT2D eigenvalue weighted by atomic mass is 10.2. The minimum absolute atomic E-state index is 0.0413. The van der Waals surface area contributed by atoms with E-state index in [1.54, 1.807) is 7.05 Å². The van der Waals surface area contributed by atoms with Gasteiger partial charge in [0.1, 0.15) is 0 Å². The Morgan fingerprint density at radius 2 is 2.00 bits per heavy atom. The summed E-state index contributed by atoms with van der Waals surface area (Å²) < 4.78 is 1.87. The van der Waals surface area contributed by atoms with Crippen LogP contribution in [-0.2, 0) is 17.6 Å². The highest BCUT2D eigenvalue weighted by atomic mass is 16.2. The van der Waals surface area contributed by atoms with E-state index in [-0.39, 0.29) is 18.4 Å². The van der Waals surface area contributed by atoms with Gasteiger partial charge in [-0.2, -0.15) is 5.10 Å². The minimum Gasteiger partial charge on any atom is -0.355 e. The molecule has 24 heavy (non-hydrogen) atoms. The van der Waals surface area contributed by atoms with Gasteiger partial charge in [-0.15, -0.1) is 0 Å². The van der Waals surface area contributed by atoms with E-state index in [1.807, 2.05) is 41.9 Å². The molecule has 0 radical (unpaired) electrons. The highest BCUT2D eigenvalue weighted by Gasteiger charge is 2.28. The number of nitrogens with zero attached hydrogens (tertiary/aromatic N) is 3. The molecule has 0 saturated heterocycles. The zero-order chi connectivity index (χ0) is 17.1. The molecule has 1 aromatic carbocycles. The van der Waals surface area contributed by atoms with Gasteiger partial charge in [-0.1, -0.05) is 18.2 Å². The van der Waals surface area contributed by atoms with Crippen LogP contribution in [0.2, 0.25) is 0 Å². The number of hydrogen-bond acceptors (Lipinski definition) is 3. The van der Waals surface area contributed by atoms with Crippen LogP contribution in [0.5, 0.6) is 0 Å². The molecule has 2 aromatic rings. The molecule has 0 unspecified atom stereocenters. The summed E-state index contributed by atoms with van der Waals surface area (Å²) in [5.41, 5.74) is 3.56. The highest BCUT2D eigenvalue weighted by Crippen LogP contribution is 2.28. The lowest BCUT2D eigenvalue weighted by molar-refractivity contribution is -0.121. The van der Waals surface area contributed by atoms with E-state index in [0.717, 1.165) is 36.2 Å². The summed E-state index contributed by atoms with van der Waals surface area (Å²) in [6.07, 6.45) is 2.81. The molecule has 0 bridgehead atoms. The van der Waals surface area contributed by atoms with Crippen LogP contribution in [0.1, 0.15) is 35.1 Å². The summed E-state index contributed by atoms with van der Waals surface area (Å²) in [6, 6.07) is 9.85. The first-order chi connectivity index (χ1) is 11.6. The first-order valence-corrected chi connectivity index (χ1v) is 8.30. The van der Waals surface area contributed by atoms with Crippen molar-refractivity contribution in [1.29, 1.82) is 0 Å². The van der Waals surface area contributed by atoms with Gasteiger partial charge in [0.25, 0.3) is 5.91 Å². The van der Waals surface area contributed by atoms with Crippen LogP contribution in [0.4, 0.5) is 0 Å². The second-order valence-corrected chi connectivity index (χ2v) is 5.99. The molecule has 0 atom stereocenters. The Bertz CT molecular complexity index is 752. The predicted molar refractivity (Wildman–Crippen MR) is 91.2 cm³/mol. The van der Waals surface area contributed by atoms with Crippen LogP contribution in [0.3, 0.4) is 0 Å². The summed E-state index contributed by atoms with van der Waals surface area (Å²) in [5.74, 6) is -0.360. The molecule has 1 aromatic heterocycles. The molecule has 0 saturated carbocycles. The van der Waals surface area contributed by atoms with E-state index in [0.29, 0.717) is 12.2 Å². The van der Waals surface area contributed by atoms with Gasteiger partial charge in [0.05, 0.1) is 12.2 Å². The third-order valence-electron chi connectivity index (χ3n) is 4.23. The Morgan fingerprint density at radius 1 is 1.25 bits per heavy atom. The van der Waals surface area contributed by atoms with Gasteiger partial charge in [0, 0.05) is 24.8 Å². The van der Waals surface area contributed by atoms with Crippen molar-refractivity contribution in [3.05, 3.63) is 47.3 Å². The van der Waals surface area contributed by atoms with Gasteiger partial charge in [-0.05, 0) is 38.3 Å². The summed E-state index contributed by atoms with van der Waals surface area (Å²) in [4.78, 5) is 25.9. The Morgan fingerprint density at radius 3 is 2.71 bits per heavy atom. The zero-order valence-corrected chi connectivity index (χ0v) is 14.1. The van der Waals surface area contributed by atoms with Crippen molar-refractivity contribution in [1.82, 2.24) is 20.0 Å². The molecule has 6 heteroatoms.